The van der Waals surface area contributed by atoms with Crippen molar-refractivity contribution in [2.75, 3.05) is 0 Å². The van der Waals surface area contributed by atoms with Crippen molar-refractivity contribution in [3.8, 4) is 5.75 Å². The van der Waals surface area contributed by atoms with Gasteiger partial charge in [0.05, 0.1) is 0 Å². The fourth-order valence-corrected chi connectivity index (χ4v) is 1.71. The van der Waals surface area contributed by atoms with E-state index in [9.17, 15) is 9.18 Å². The van der Waals surface area contributed by atoms with E-state index >= 15 is 0 Å². The summed E-state index contributed by atoms with van der Waals surface area (Å²) in [4.78, 5) is 11.9. The van der Waals surface area contributed by atoms with E-state index in [2.05, 4.69) is 5.32 Å². The van der Waals surface area contributed by atoms with Crippen molar-refractivity contribution in [1.82, 2.24) is 5.32 Å². The summed E-state index contributed by atoms with van der Waals surface area (Å²) in [6.45, 7) is 2.01. The predicted octanol–water partition coefficient (Wildman–Crippen LogP) is 2.91. The Labute approximate surface area is 117 Å². The Hall–Kier alpha value is -2.36. The molecule has 0 bridgehead atoms. The Kier molecular flexibility index (Phi) is 4.71. The van der Waals surface area contributed by atoms with Crippen LogP contribution in [0, 0.1) is 5.82 Å². The molecule has 1 amide bonds. The average molecular weight is 273 g/mol. The zero-order valence-corrected chi connectivity index (χ0v) is 11.2. The molecule has 0 spiro atoms. The van der Waals surface area contributed by atoms with Gasteiger partial charge in [-0.2, -0.15) is 0 Å². The Balaban J connectivity index is 1.88. The number of amides is 1. The van der Waals surface area contributed by atoms with E-state index in [0.717, 1.165) is 5.56 Å². The molecule has 0 aliphatic carbocycles. The first kappa shape index (κ1) is 14.1. The maximum Gasteiger partial charge on any atom is 0.261 e. The molecule has 2 rings (SSSR count). The molecule has 0 fully saturated rings. The minimum absolute atomic E-state index is 0.0786. The van der Waals surface area contributed by atoms with E-state index in [1.165, 1.54) is 12.1 Å². The lowest BCUT2D eigenvalue weighted by atomic mass is 10.2. The largest absolute Gasteiger partial charge is 0.478 e. The first-order valence-corrected chi connectivity index (χ1v) is 6.39. The molecule has 0 radical (unpaired) electrons. The second-order valence-electron chi connectivity index (χ2n) is 4.39. The molecule has 1 unspecified atom stereocenters. The summed E-state index contributed by atoms with van der Waals surface area (Å²) >= 11 is 0. The third kappa shape index (κ3) is 3.82. The van der Waals surface area contributed by atoms with Gasteiger partial charge in [0.15, 0.2) is 17.7 Å². The SMILES string of the molecule is CC(Oc1ccccc1F)C(=O)NCc1ccccc1. The molecule has 1 atom stereocenters. The number of nitrogens with one attached hydrogen (secondary N) is 1. The highest BCUT2D eigenvalue weighted by Crippen LogP contribution is 2.16. The standard InChI is InChI=1S/C16H16FNO2/c1-12(20-15-10-6-5-9-14(15)17)16(19)18-11-13-7-3-2-4-8-13/h2-10,12H,11H2,1H3,(H,18,19). The van der Waals surface area contributed by atoms with Crippen molar-refractivity contribution >= 4 is 5.91 Å². The molecule has 4 heteroatoms. The summed E-state index contributed by atoms with van der Waals surface area (Å²) in [6.07, 6.45) is -0.754. The summed E-state index contributed by atoms with van der Waals surface area (Å²) in [5.41, 5.74) is 0.999. The van der Waals surface area contributed by atoms with Gasteiger partial charge in [0, 0.05) is 6.54 Å². The van der Waals surface area contributed by atoms with Gasteiger partial charge in [-0.25, -0.2) is 4.39 Å². The van der Waals surface area contributed by atoms with E-state index in [0.29, 0.717) is 6.54 Å². The van der Waals surface area contributed by atoms with Gasteiger partial charge in [0.2, 0.25) is 0 Å². The highest BCUT2D eigenvalue weighted by molar-refractivity contribution is 5.80. The number of rotatable bonds is 5. The van der Waals surface area contributed by atoms with Gasteiger partial charge in [0.1, 0.15) is 0 Å². The Morgan fingerprint density at radius 3 is 2.50 bits per heavy atom. The molecule has 0 aromatic heterocycles. The van der Waals surface area contributed by atoms with Crippen LogP contribution in [0.5, 0.6) is 5.75 Å². The molecule has 0 saturated heterocycles. The highest BCUT2D eigenvalue weighted by atomic mass is 19.1. The topological polar surface area (TPSA) is 38.3 Å². The lowest BCUT2D eigenvalue weighted by Crippen LogP contribution is -2.36. The van der Waals surface area contributed by atoms with Crippen molar-refractivity contribution < 1.29 is 13.9 Å². The van der Waals surface area contributed by atoms with Crippen molar-refractivity contribution in [3.63, 3.8) is 0 Å². The van der Waals surface area contributed by atoms with Crippen molar-refractivity contribution in [2.45, 2.75) is 19.6 Å². The van der Waals surface area contributed by atoms with Crippen LogP contribution in [0.4, 0.5) is 4.39 Å². The molecule has 2 aromatic rings. The fourth-order valence-electron chi connectivity index (χ4n) is 1.71. The molecule has 3 nitrogen and oxygen atoms in total. The van der Waals surface area contributed by atoms with Crippen LogP contribution in [0.15, 0.2) is 54.6 Å². The van der Waals surface area contributed by atoms with Gasteiger partial charge >= 0.3 is 0 Å². The molecule has 2 aromatic carbocycles. The molecule has 0 aliphatic heterocycles. The molecular weight excluding hydrogens is 257 g/mol. The molecule has 20 heavy (non-hydrogen) atoms. The van der Waals surface area contributed by atoms with Crippen molar-refractivity contribution in [1.29, 1.82) is 0 Å². The van der Waals surface area contributed by atoms with Crippen LogP contribution in [0.2, 0.25) is 0 Å². The number of hydrogen-bond acceptors (Lipinski definition) is 2. The van der Waals surface area contributed by atoms with Crippen LogP contribution in [-0.4, -0.2) is 12.0 Å². The second-order valence-corrected chi connectivity index (χ2v) is 4.39. The third-order valence-electron chi connectivity index (χ3n) is 2.82. The highest BCUT2D eigenvalue weighted by Gasteiger charge is 2.15. The quantitative estimate of drug-likeness (QED) is 0.909. The lowest BCUT2D eigenvalue weighted by molar-refractivity contribution is -0.127. The summed E-state index contributed by atoms with van der Waals surface area (Å²) in [7, 11) is 0. The molecule has 0 aliphatic rings. The van der Waals surface area contributed by atoms with Gasteiger partial charge in [0.25, 0.3) is 5.91 Å². The minimum atomic E-state index is -0.754. The maximum atomic E-state index is 13.4. The van der Waals surface area contributed by atoms with Crippen LogP contribution >= 0.6 is 0 Å². The molecule has 104 valence electrons. The number of carbonyl (C=O) groups is 1. The molecule has 0 saturated carbocycles. The van der Waals surface area contributed by atoms with Crippen LogP contribution in [0.25, 0.3) is 0 Å². The first-order chi connectivity index (χ1) is 9.66. The Bertz CT molecular complexity index is 572. The van der Waals surface area contributed by atoms with E-state index in [-0.39, 0.29) is 11.7 Å². The smallest absolute Gasteiger partial charge is 0.261 e. The number of hydrogen-bond donors (Lipinski definition) is 1. The molecule has 0 heterocycles. The number of ether oxygens (including phenoxy) is 1. The lowest BCUT2D eigenvalue weighted by Gasteiger charge is -2.15. The summed E-state index contributed by atoms with van der Waals surface area (Å²) < 4.78 is 18.7. The van der Waals surface area contributed by atoms with E-state index in [1.807, 2.05) is 30.3 Å². The van der Waals surface area contributed by atoms with Crippen LogP contribution in [0.1, 0.15) is 12.5 Å². The zero-order chi connectivity index (χ0) is 14.4. The summed E-state index contributed by atoms with van der Waals surface area (Å²) in [5, 5.41) is 2.75. The van der Waals surface area contributed by atoms with Gasteiger partial charge in [-0.3, -0.25) is 4.79 Å². The first-order valence-electron chi connectivity index (χ1n) is 6.39. The Morgan fingerprint density at radius 1 is 1.15 bits per heavy atom. The molecular formula is C16H16FNO2. The number of halogens is 1. The van der Waals surface area contributed by atoms with Crippen molar-refractivity contribution in [2.24, 2.45) is 0 Å². The van der Waals surface area contributed by atoms with Gasteiger partial charge < -0.3 is 10.1 Å². The van der Waals surface area contributed by atoms with E-state index in [4.69, 9.17) is 4.74 Å². The van der Waals surface area contributed by atoms with Gasteiger partial charge in [-0.1, -0.05) is 42.5 Å². The van der Waals surface area contributed by atoms with Crippen molar-refractivity contribution in [3.05, 3.63) is 66.0 Å². The van der Waals surface area contributed by atoms with Gasteiger partial charge in [-0.15, -0.1) is 0 Å². The predicted molar refractivity (Wildman–Crippen MR) is 74.8 cm³/mol. The van der Waals surface area contributed by atoms with E-state index in [1.54, 1.807) is 19.1 Å². The normalized spacial score (nSPS) is 11.7. The van der Waals surface area contributed by atoms with Crippen LogP contribution < -0.4 is 10.1 Å². The van der Waals surface area contributed by atoms with Crippen LogP contribution in [0.3, 0.4) is 0 Å². The maximum absolute atomic E-state index is 13.4. The Morgan fingerprint density at radius 2 is 1.80 bits per heavy atom. The fraction of sp³-hybridized carbons (Fsp3) is 0.188. The van der Waals surface area contributed by atoms with Crippen LogP contribution in [-0.2, 0) is 11.3 Å². The third-order valence-corrected chi connectivity index (χ3v) is 2.82. The number of benzene rings is 2. The monoisotopic (exact) mass is 273 g/mol. The van der Waals surface area contributed by atoms with Gasteiger partial charge in [-0.05, 0) is 24.6 Å². The second kappa shape index (κ2) is 6.70. The number of carbonyl (C=O) groups excluding carboxylic acids is 1. The molecule has 1 N–H and O–H groups in total. The zero-order valence-electron chi connectivity index (χ0n) is 11.2. The minimum Gasteiger partial charge on any atom is -0.478 e. The van der Waals surface area contributed by atoms with E-state index < -0.39 is 11.9 Å². The summed E-state index contributed by atoms with van der Waals surface area (Å²) in [6, 6.07) is 15.6. The average Bonchev–Trinajstić information content (AvgIpc) is 2.48. The summed E-state index contributed by atoms with van der Waals surface area (Å²) in [5.74, 6) is -0.679. The number of para-hydroxylation sites is 1.